The van der Waals surface area contributed by atoms with Gasteiger partial charge >= 0.3 is 5.97 Å². The zero-order valence-electron chi connectivity index (χ0n) is 11.2. The number of rotatable bonds is 4. The van der Waals surface area contributed by atoms with E-state index in [1.165, 1.54) is 18.2 Å². The molecule has 1 aliphatic heterocycles. The van der Waals surface area contributed by atoms with Crippen molar-refractivity contribution in [1.82, 2.24) is 0 Å². The molecule has 1 heterocycles. The molecule has 2 rings (SSSR count). The quantitative estimate of drug-likeness (QED) is 0.519. The van der Waals surface area contributed by atoms with Crippen LogP contribution >= 0.6 is 0 Å². The summed E-state index contributed by atoms with van der Waals surface area (Å²) in [6.07, 6.45) is 3.48. The van der Waals surface area contributed by atoms with Crippen LogP contribution in [0.1, 0.15) is 18.9 Å². The number of carbonyl (C=O) groups is 1. The van der Waals surface area contributed by atoms with E-state index in [1.807, 2.05) is 0 Å². The molecule has 0 radical (unpaired) electrons. The number of benzene rings is 1. The van der Waals surface area contributed by atoms with Crippen molar-refractivity contribution in [1.29, 1.82) is 0 Å². The molecule has 1 unspecified atom stereocenters. The molecule has 1 aromatic carbocycles. The number of aliphatic carboxylic acids is 1. The number of nitro groups is 1. The van der Waals surface area contributed by atoms with E-state index in [-0.39, 0.29) is 5.69 Å². The average Bonchev–Trinajstić information content (AvgIpc) is 2.82. The lowest BCUT2D eigenvalue weighted by molar-refractivity contribution is -0.384. The molecule has 1 saturated heterocycles. The average molecular weight is 276 g/mol. The first-order chi connectivity index (χ1) is 9.47. The topological polar surface area (TPSA) is 83.7 Å². The molecule has 0 aliphatic carbocycles. The Morgan fingerprint density at radius 3 is 2.85 bits per heavy atom. The molecule has 0 saturated carbocycles. The Kier molecular flexibility index (Phi) is 4.02. The minimum Gasteiger partial charge on any atom is -0.478 e. The molecule has 0 bridgehead atoms. The second-order valence-electron chi connectivity index (χ2n) is 5.01. The van der Waals surface area contributed by atoms with Crippen molar-refractivity contribution in [2.45, 2.75) is 13.3 Å². The van der Waals surface area contributed by atoms with Crippen LogP contribution in [0.15, 0.2) is 24.3 Å². The van der Waals surface area contributed by atoms with Gasteiger partial charge in [0.15, 0.2) is 0 Å². The third kappa shape index (κ3) is 3.14. The standard InChI is InChI=1S/C14H16N2O4/c1-10-6-7-15(9-10)13-4-3-12(16(19)20)8-11(13)2-5-14(17)18/h2-5,8,10H,6-7,9H2,1H3,(H,17,18)/b5-2+. The molecule has 6 heteroatoms. The molecule has 6 nitrogen and oxygen atoms in total. The fourth-order valence-electron chi connectivity index (χ4n) is 2.39. The summed E-state index contributed by atoms with van der Waals surface area (Å²) >= 11 is 0. The Morgan fingerprint density at radius 2 is 2.30 bits per heavy atom. The zero-order chi connectivity index (χ0) is 14.7. The molecule has 1 aliphatic rings. The fraction of sp³-hybridized carbons (Fsp3) is 0.357. The maximum absolute atomic E-state index is 10.8. The third-order valence-corrected chi connectivity index (χ3v) is 3.39. The Balaban J connectivity index is 2.39. The van der Waals surface area contributed by atoms with Crippen molar-refractivity contribution >= 4 is 23.4 Å². The summed E-state index contributed by atoms with van der Waals surface area (Å²) in [4.78, 5) is 23.1. The van der Waals surface area contributed by atoms with Gasteiger partial charge in [0.25, 0.3) is 5.69 Å². The molecular formula is C14H16N2O4. The number of carboxylic acid groups (broad SMARTS) is 1. The maximum atomic E-state index is 10.8. The van der Waals surface area contributed by atoms with Crippen molar-refractivity contribution < 1.29 is 14.8 Å². The van der Waals surface area contributed by atoms with Crippen LogP contribution in [-0.2, 0) is 4.79 Å². The number of hydrogen-bond donors (Lipinski definition) is 1. The van der Waals surface area contributed by atoms with Crippen LogP contribution < -0.4 is 4.90 Å². The van der Waals surface area contributed by atoms with E-state index < -0.39 is 10.9 Å². The van der Waals surface area contributed by atoms with E-state index in [2.05, 4.69) is 11.8 Å². The number of hydrogen-bond acceptors (Lipinski definition) is 4. The fourth-order valence-corrected chi connectivity index (χ4v) is 2.39. The van der Waals surface area contributed by atoms with Gasteiger partial charge in [0.2, 0.25) is 0 Å². The number of nitrogens with zero attached hydrogens (tertiary/aromatic N) is 2. The van der Waals surface area contributed by atoms with E-state index in [1.54, 1.807) is 6.07 Å². The first-order valence-corrected chi connectivity index (χ1v) is 6.42. The van der Waals surface area contributed by atoms with Crippen LogP contribution in [0.2, 0.25) is 0 Å². The second-order valence-corrected chi connectivity index (χ2v) is 5.01. The van der Waals surface area contributed by atoms with Crippen LogP contribution in [0, 0.1) is 16.0 Å². The Labute approximate surface area is 116 Å². The lowest BCUT2D eigenvalue weighted by Crippen LogP contribution is -2.20. The summed E-state index contributed by atoms with van der Waals surface area (Å²) in [6, 6.07) is 4.56. The first kappa shape index (κ1) is 14.0. The zero-order valence-corrected chi connectivity index (χ0v) is 11.2. The Hall–Kier alpha value is -2.37. The van der Waals surface area contributed by atoms with Gasteiger partial charge in [-0.3, -0.25) is 10.1 Å². The monoisotopic (exact) mass is 276 g/mol. The van der Waals surface area contributed by atoms with Gasteiger partial charge in [-0.1, -0.05) is 6.92 Å². The molecule has 1 N–H and O–H groups in total. The van der Waals surface area contributed by atoms with Crippen LogP contribution in [0.5, 0.6) is 0 Å². The molecular weight excluding hydrogens is 260 g/mol. The van der Waals surface area contributed by atoms with Gasteiger partial charge in [0, 0.05) is 42.5 Å². The normalized spacial score (nSPS) is 18.6. The maximum Gasteiger partial charge on any atom is 0.328 e. The number of anilines is 1. The lowest BCUT2D eigenvalue weighted by Gasteiger charge is -2.20. The molecule has 0 spiro atoms. The SMILES string of the molecule is CC1CCN(c2ccc([N+](=O)[O-])cc2/C=C/C(=O)O)C1. The molecule has 20 heavy (non-hydrogen) atoms. The molecule has 1 fully saturated rings. The van der Waals surface area contributed by atoms with Gasteiger partial charge in [-0.05, 0) is 24.5 Å². The highest BCUT2D eigenvalue weighted by atomic mass is 16.6. The largest absolute Gasteiger partial charge is 0.478 e. The van der Waals surface area contributed by atoms with Crippen LogP contribution in [0.25, 0.3) is 6.08 Å². The smallest absolute Gasteiger partial charge is 0.328 e. The van der Waals surface area contributed by atoms with Crippen LogP contribution in [0.3, 0.4) is 0 Å². The number of carboxylic acids is 1. The van der Waals surface area contributed by atoms with E-state index >= 15 is 0 Å². The third-order valence-electron chi connectivity index (χ3n) is 3.39. The van der Waals surface area contributed by atoms with E-state index in [4.69, 9.17) is 5.11 Å². The van der Waals surface area contributed by atoms with E-state index in [9.17, 15) is 14.9 Å². The molecule has 1 aromatic rings. The van der Waals surface area contributed by atoms with E-state index in [0.29, 0.717) is 11.5 Å². The van der Waals surface area contributed by atoms with Gasteiger partial charge in [-0.25, -0.2) is 4.79 Å². The van der Waals surface area contributed by atoms with Crippen LogP contribution in [-0.4, -0.2) is 29.1 Å². The van der Waals surface area contributed by atoms with Crippen molar-refractivity contribution in [2.24, 2.45) is 5.92 Å². The predicted octanol–water partition coefficient (Wildman–Crippen LogP) is 2.54. The van der Waals surface area contributed by atoms with Crippen LogP contribution in [0.4, 0.5) is 11.4 Å². The summed E-state index contributed by atoms with van der Waals surface area (Å²) in [5.41, 5.74) is 1.37. The second kappa shape index (κ2) is 5.73. The van der Waals surface area contributed by atoms with Crippen molar-refractivity contribution in [3.8, 4) is 0 Å². The minimum atomic E-state index is -1.07. The van der Waals surface area contributed by atoms with Gasteiger partial charge in [0.05, 0.1) is 4.92 Å². The molecule has 1 atom stereocenters. The van der Waals surface area contributed by atoms with Gasteiger partial charge in [0.1, 0.15) is 0 Å². The summed E-state index contributed by atoms with van der Waals surface area (Å²) in [5, 5.41) is 19.5. The predicted molar refractivity (Wildman–Crippen MR) is 75.8 cm³/mol. The van der Waals surface area contributed by atoms with Crippen molar-refractivity contribution in [3.05, 3.63) is 40.0 Å². The molecule has 0 aromatic heterocycles. The highest BCUT2D eigenvalue weighted by Gasteiger charge is 2.21. The van der Waals surface area contributed by atoms with Crippen molar-refractivity contribution in [3.63, 3.8) is 0 Å². The highest BCUT2D eigenvalue weighted by Crippen LogP contribution is 2.30. The van der Waals surface area contributed by atoms with Gasteiger partial charge in [-0.15, -0.1) is 0 Å². The van der Waals surface area contributed by atoms with Crippen molar-refractivity contribution in [2.75, 3.05) is 18.0 Å². The number of non-ortho nitro benzene ring substituents is 1. The highest BCUT2D eigenvalue weighted by molar-refractivity contribution is 5.87. The summed E-state index contributed by atoms with van der Waals surface area (Å²) in [7, 11) is 0. The number of nitro benzene ring substituents is 1. The summed E-state index contributed by atoms with van der Waals surface area (Å²) in [6.45, 7) is 3.91. The van der Waals surface area contributed by atoms with E-state index in [0.717, 1.165) is 31.3 Å². The minimum absolute atomic E-state index is 0.0361. The van der Waals surface area contributed by atoms with Gasteiger partial charge in [-0.2, -0.15) is 0 Å². The summed E-state index contributed by atoms with van der Waals surface area (Å²) < 4.78 is 0. The first-order valence-electron chi connectivity index (χ1n) is 6.42. The Bertz CT molecular complexity index is 568. The molecule has 106 valence electrons. The lowest BCUT2D eigenvalue weighted by atomic mass is 10.1. The molecule has 0 amide bonds. The Morgan fingerprint density at radius 1 is 1.55 bits per heavy atom. The van der Waals surface area contributed by atoms with Gasteiger partial charge < -0.3 is 10.0 Å². The summed E-state index contributed by atoms with van der Waals surface area (Å²) in [5.74, 6) is -0.501.